The van der Waals surface area contributed by atoms with Crippen LogP contribution in [-0.2, 0) is 4.74 Å². The van der Waals surface area contributed by atoms with Crippen molar-refractivity contribution in [2.45, 2.75) is 65.2 Å². The third kappa shape index (κ3) is 5.53. The Bertz CT molecular complexity index is 227. The summed E-state index contributed by atoms with van der Waals surface area (Å²) in [5.41, 5.74) is 0. The quantitative estimate of drug-likeness (QED) is 0.336. The molecule has 19 heavy (non-hydrogen) atoms. The van der Waals surface area contributed by atoms with E-state index in [1.807, 2.05) is 0 Å². The molecule has 1 saturated heterocycles. The predicted molar refractivity (Wildman–Crippen MR) is 93.3 cm³/mol. The number of ether oxygens (including phenoxy) is 1. The van der Waals surface area contributed by atoms with E-state index in [0.29, 0.717) is 0 Å². The van der Waals surface area contributed by atoms with Crippen molar-refractivity contribution in [3.8, 4) is 0 Å². The summed E-state index contributed by atoms with van der Waals surface area (Å²) in [4.78, 5) is 0. The Hall–Kier alpha value is 0.690. The van der Waals surface area contributed by atoms with Gasteiger partial charge in [-0.15, -0.1) is 0 Å². The summed E-state index contributed by atoms with van der Waals surface area (Å²) >= 11 is -0.671. The van der Waals surface area contributed by atoms with Gasteiger partial charge in [-0.25, -0.2) is 0 Å². The Kier molecular flexibility index (Phi) is 7.49. The van der Waals surface area contributed by atoms with Gasteiger partial charge in [0.05, 0.1) is 0 Å². The molecular weight excluding hydrogens is 347 g/mol. The van der Waals surface area contributed by atoms with Crippen molar-refractivity contribution in [3.05, 3.63) is 0 Å². The van der Waals surface area contributed by atoms with Crippen LogP contribution in [0.3, 0.4) is 0 Å². The molecule has 0 aromatic carbocycles. The molecule has 1 saturated carbocycles. The summed E-state index contributed by atoms with van der Waals surface area (Å²) in [6.07, 6.45) is 11.7. The molecule has 1 heterocycles. The number of hydrogen-bond acceptors (Lipinski definition) is 1. The first kappa shape index (κ1) is 16.1. The second-order valence-corrected chi connectivity index (χ2v) is 12.7. The maximum atomic E-state index is 5.88. The zero-order valence-corrected chi connectivity index (χ0v) is 15.2. The SMILES string of the molecule is CCCCOCI1CCC(C2CCC(C)CC2)CC1. The third-order valence-electron chi connectivity index (χ3n) is 5.10. The van der Waals surface area contributed by atoms with Gasteiger partial charge in [0.2, 0.25) is 0 Å². The second-order valence-electron chi connectivity index (χ2n) is 6.67. The topological polar surface area (TPSA) is 9.23 Å². The average Bonchev–Trinajstić information content (AvgIpc) is 2.45. The van der Waals surface area contributed by atoms with Crippen molar-refractivity contribution in [2.24, 2.45) is 17.8 Å². The van der Waals surface area contributed by atoms with E-state index >= 15 is 0 Å². The van der Waals surface area contributed by atoms with Crippen LogP contribution in [0.2, 0.25) is 0 Å². The number of unbranched alkanes of at least 4 members (excludes halogenated alkanes) is 1. The molecule has 114 valence electrons. The van der Waals surface area contributed by atoms with Crippen molar-refractivity contribution in [2.75, 3.05) is 20.1 Å². The van der Waals surface area contributed by atoms with Crippen LogP contribution in [-0.4, -0.2) is 20.1 Å². The Morgan fingerprint density at radius 3 is 2.21 bits per heavy atom. The van der Waals surface area contributed by atoms with Gasteiger partial charge in [0, 0.05) is 0 Å². The van der Waals surface area contributed by atoms with E-state index in [1.165, 1.54) is 43.1 Å². The van der Waals surface area contributed by atoms with Gasteiger partial charge < -0.3 is 0 Å². The van der Waals surface area contributed by atoms with E-state index in [9.17, 15) is 0 Å². The first-order valence-electron chi connectivity index (χ1n) is 8.45. The molecule has 0 atom stereocenters. The zero-order chi connectivity index (χ0) is 13.5. The molecule has 0 unspecified atom stereocenters. The van der Waals surface area contributed by atoms with E-state index in [0.717, 1.165) is 24.4 Å². The molecule has 0 N–H and O–H groups in total. The fourth-order valence-electron chi connectivity index (χ4n) is 3.58. The van der Waals surface area contributed by atoms with Crippen LogP contribution in [0, 0.1) is 17.8 Å². The molecule has 0 amide bonds. The number of halogens is 1. The molecule has 2 heteroatoms. The fraction of sp³-hybridized carbons (Fsp3) is 1.00. The summed E-state index contributed by atoms with van der Waals surface area (Å²) in [7, 11) is 0. The van der Waals surface area contributed by atoms with Gasteiger partial charge in [-0.2, -0.15) is 0 Å². The Labute approximate surface area is 127 Å². The van der Waals surface area contributed by atoms with E-state index in [2.05, 4.69) is 13.8 Å². The molecule has 0 aromatic heterocycles. The van der Waals surface area contributed by atoms with Gasteiger partial charge in [0.25, 0.3) is 0 Å². The number of alkyl halides is 3. The molecule has 1 aliphatic heterocycles. The molecule has 1 nitrogen and oxygen atoms in total. The minimum absolute atomic E-state index is 0.671. The first-order chi connectivity index (χ1) is 9.29. The number of hydrogen-bond donors (Lipinski definition) is 0. The van der Waals surface area contributed by atoms with Gasteiger partial charge in [0.15, 0.2) is 0 Å². The molecule has 2 rings (SSSR count). The Balaban J connectivity index is 1.59. The van der Waals surface area contributed by atoms with Gasteiger partial charge in [-0.1, -0.05) is 0 Å². The first-order valence-corrected chi connectivity index (χ1v) is 13.0. The van der Waals surface area contributed by atoms with Crippen LogP contribution in [0.5, 0.6) is 0 Å². The van der Waals surface area contributed by atoms with Crippen LogP contribution in [0.1, 0.15) is 65.2 Å². The van der Waals surface area contributed by atoms with Crippen molar-refractivity contribution in [1.82, 2.24) is 0 Å². The molecule has 0 spiro atoms. The standard InChI is InChI=1S/C17H33IO/c1-3-4-13-19-14-18-11-9-17(10-12-18)16-7-5-15(2)6-8-16/h15-17H,3-14H2,1-2H3. The predicted octanol–water partition coefficient (Wildman–Crippen LogP) is 5.50. The normalized spacial score (nSPS) is 31.6. The zero-order valence-electron chi connectivity index (χ0n) is 13.0. The van der Waals surface area contributed by atoms with Gasteiger partial charge in [0.1, 0.15) is 0 Å². The average molecular weight is 380 g/mol. The van der Waals surface area contributed by atoms with E-state index in [-0.39, 0.29) is 0 Å². The molecular formula is C17H33IO. The van der Waals surface area contributed by atoms with Crippen molar-refractivity contribution in [3.63, 3.8) is 0 Å². The summed E-state index contributed by atoms with van der Waals surface area (Å²) in [6.45, 7) is 5.71. The minimum atomic E-state index is -0.671. The number of rotatable bonds is 6. The van der Waals surface area contributed by atoms with Crippen LogP contribution >= 0.6 is 19.8 Å². The van der Waals surface area contributed by atoms with E-state index in [1.54, 1.807) is 21.7 Å². The monoisotopic (exact) mass is 380 g/mol. The summed E-state index contributed by atoms with van der Waals surface area (Å²) < 4.78 is 10.3. The summed E-state index contributed by atoms with van der Waals surface area (Å²) in [5.74, 6) is 3.20. The summed E-state index contributed by atoms with van der Waals surface area (Å²) in [6, 6.07) is 0. The molecule has 0 aromatic rings. The molecule has 2 fully saturated rings. The van der Waals surface area contributed by atoms with Gasteiger partial charge >= 0.3 is 128 Å². The van der Waals surface area contributed by atoms with Gasteiger partial charge in [-0.3, -0.25) is 0 Å². The fourth-order valence-corrected chi connectivity index (χ4v) is 9.03. The molecule has 2 aliphatic rings. The maximum absolute atomic E-state index is 5.88. The molecule has 1 aliphatic carbocycles. The molecule has 0 radical (unpaired) electrons. The van der Waals surface area contributed by atoms with Crippen molar-refractivity contribution >= 4 is 19.8 Å². The molecule has 0 bridgehead atoms. The van der Waals surface area contributed by atoms with E-state index in [4.69, 9.17) is 4.74 Å². The Morgan fingerprint density at radius 2 is 1.58 bits per heavy atom. The van der Waals surface area contributed by atoms with Crippen molar-refractivity contribution < 1.29 is 4.74 Å². The van der Waals surface area contributed by atoms with Crippen molar-refractivity contribution in [1.29, 1.82) is 0 Å². The van der Waals surface area contributed by atoms with E-state index < -0.39 is 19.8 Å². The van der Waals surface area contributed by atoms with Crippen LogP contribution in [0.15, 0.2) is 0 Å². The van der Waals surface area contributed by atoms with Crippen LogP contribution < -0.4 is 0 Å². The summed E-state index contributed by atoms with van der Waals surface area (Å²) in [5, 5.41) is 0. The van der Waals surface area contributed by atoms with Gasteiger partial charge in [-0.05, 0) is 0 Å². The third-order valence-corrected chi connectivity index (χ3v) is 10.7. The second kappa shape index (κ2) is 8.86. The Morgan fingerprint density at radius 1 is 0.947 bits per heavy atom. The van der Waals surface area contributed by atoms with Crippen LogP contribution in [0.25, 0.3) is 0 Å². The van der Waals surface area contributed by atoms with Crippen LogP contribution in [0.4, 0.5) is 0 Å².